The van der Waals surface area contributed by atoms with Gasteiger partial charge < -0.3 is 19.1 Å². The van der Waals surface area contributed by atoms with Gasteiger partial charge in [0.05, 0.1) is 20.7 Å². The fraction of sp³-hybridized carbons (Fsp3) is 0.172. The predicted octanol–water partition coefficient (Wildman–Crippen LogP) is 5.64. The quantitative estimate of drug-likeness (QED) is 0.196. The summed E-state index contributed by atoms with van der Waals surface area (Å²) < 4.78 is 18.6. The third kappa shape index (κ3) is 7.92. The highest BCUT2D eigenvalue weighted by atomic mass is 16.7. The number of aliphatic hydroxyl groups is 1. The van der Waals surface area contributed by atoms with Gasteiger partial charge >= 0.3 is 7.32 Å². The summed E-state index contributed by atoms with van der Waals surface area (Å²) in [4.78, 5) is 0. The molecule has 0 amide bonds. The van der Waals surface area contributed by atoms with Crippen LogP contribution in [0, 0.1) is 6.07 Å². The van der Waals surface area contributed by atoms with Crippen molar-refractivity contribution < 1.29 is 19.1 Å². The van der Waals surface area contributed by atoms with Crippen molar-refractivity contribution in [1.82, 2.24) is 4.48 Å². The Morgan fingerprint density at radius 2 is 1.20 bits per heavy atom. The molecule has 0 unspecified atom stereocenters. The van der Waals surface area contributed by atoms with Crippen LogP contribution in [0.1, 0.15) is 6.92 Å². The zero-order valence-corrected chi connectivity index (χ0v) is 20.5. The van der Waals surface area contributed by atoms with Crippen LogP contribution in [0.3, 0.4) is 0 Å². The van der Waals surface area contributed by atoms with Crippen LogP contribution in [0.5, 0.6) is 17.2 Å². The van der Waals surface area contributed by atoms with E-state index in [0.717, 1.165) is 5.69 Å². The van der Waals surface area contributed by atoms with Crippen LogP contribution in [0.15, 0.2) is 115 Å². The number of benzene rings is 4. The second-order valence-corrected chi connectivity index (χ2v) is 8.38. The van der Waals surface area contributed by atoms with Crippen molar-refractivity contribution in [3.63, 3.8) is 0 Å². The third-order valence-corrected chi connectivity index (χ3v) is 5.63. The maximum atomic E-state index is 9.69. The zero-order valence-electron chi connectivity index (χ0n) is 20.5. The van der Waals surface area contributed by atoms with E-state index < -0.39 is 7.32 Å². The average molecular weight is 469 g/mol. The Morgan fingerprint density at radius 1 is 0.714 bits per heavy atom. The molecule has 5 nitrogen and oxygen atoms in total. The van der Waals surface area contributed by atoms with Crippen molar-refractivity contribution in [2.45, 2.75) is 13.0 Å². The van der Waals surface area contributed by atoms with Crippen LogP contribution in [0.2, 0.25) is 0 Å². The largest absolute Gasteiger partial charge is 0.864 e. The van der Waals surface area contributed by atoms with Gasteiger partial charge in [0.2, 0.25) is 0 Å². The highest BCUT2D eigenvalue weighted by Crippen LogP contribution is 2.33. The summed E-state index contributed by atoms with van der Waals surface area (Å²) in [6, 6.07) is 39.1. The number of nitrogens with zero attached hydrogens (tertiary/aromatic N) is 1. The van der Waals surface area contributed by atoms with E-state index in [1.807, 2.05) is 136 Å². The van der Waals surface area contributed by atoms with Crippen molar-refractivity contribution >= 4 is 13.0 Å². The van der Waals surface area contributed by atoms with Gasteiger partial charge in [0.15, 0.2) is 11.4 Å². The highest BCUT2D eigenvalue weighted by Gasteiger charge is 2.35. The standard InChI is InChI=1S/C23H27BNO4.C6H5/c1-19(18-26)25(2,3)22-16-10-11-17-23(22)29-24(27-20-12-6-4-7-13-20)28-21-14-8-5-9-15-21;1-2-4-6-5-3-1/h4-17,19,26H,18H2,1-3H3;1-5H/q+1;-1/t19-;/m0./s1. The lowest BCUT2D eigenvalue weighted by Crippen LogP contribution is -2.50. The summed E-state index contributed by atoms with van der Waals surface area (Å²) in [6.07, 6.45) is 0. The monoisotopic (exact) mass is 469 g/mol. The second kappa shape index (κ2) is 13.2. The van der Waals surface area contributed by atoms with E-state index in [0.29, 0.717) is 21.7 Å². The first-order chi connectivity index (χ1) is 17.0. The normalized spacial score (nSPS) is 11.4. The number of hydrogen-bond donors (Lipinski definition) is 1. The maximum Gasteiger partial charge on any atom is 0.864 e. The number of quaternary nitrogens is 1. The number of hydrogen-bond acceptors (Lipinski definition) is 4. The van der Waals surface area contributed by atoms with Crippen molar-refractivity contribution in [3.8, 4) is 17.2 Å². The van der Waals surface area contributed by atoms with Gasteiger partial charge in [-0.25, -0.2) is 0 Å². The van der Waals surface area contributed by atoms with Crippen LogP contribution in [0.4, 0.5) is 5.69 Å². The first kappa shape index (κ1) is 25.9. The van der Waals surface area contributed by atoms with Crippen LogP contribution in [-0.2, 0) is 0 Å². The van der Waals surface area contributed by atoms with Crippen molar-refractivity contribution in [1.29, 1.82) is 0 Å². The molecule has 4 aromatic rings. The van der Waals surface area contributed by atoms with E-state index in [9.17, 15) is 5.11 Å². The lowest BCUT2D eigenvalue weighted by molar-refractivity contribution is 0.180. The summed E-state index contributed by atoms with van der Waals surface area (Å²) in [5, 5.41) is 9.69. The molecule has 4 rings (SSSR count). The molecule has 0 bridgehead atoms. The molecule has 0 aliphatic heterocycles. The van der Waals surface area contributed by atoms with E-state index >= 15 is 0 Å². The Morgan fingerprint density at radius 3 is 1.66 bits per heavy atom. The molecule has 1 N–H and O–H groups in total. The minimum absolute atomic E-state index is 0.0108. The molecule has 6 heteroatoms. The molecule has 35 heavy (non-hydrogen) atoms. The van der Waals surface area contributed by atoms with Gasteiger partial charge in [-0.15, -0.1) is 0 Å². The summed E-state index contributed by atoms with van der Waals surface area (Å²) in [5.74, 6) is 1.92. The van der Waals surface area contributed by atoms with Gasteiger partial charge in [-0.2, -0.15) is 36.4 Å². The SMILES string of the molecule is C[C@@H](CO)[N+](C)(C)c1ccccc1OB(Oc1ccccc1)Oc1ccccc1.[c-]1ccccc1. The number of para-hydroxylation sites is 4. The molecular weight excluding hydrogens is 437 g/mol. The van der Waals surface area contributed by atoms with Gasteiger partial charge in [-0.1, -0.05) is 48.5 Å². The number of likely N-dealkylation sites (N-methyl/N-ethyl adjacent to an activating group) is 1. The van der Waals surface area contributed by atoms with Crippen molar-refractivity contribution in [3.05, 3.63) is 121 Å². The van der Waals surface area contributed by atoms with E-state index in [-0.39, 0.29) is 12.6 Å². The first-order valence-corrected chi connectivity index (χ1v) is 11.6. The Bertz CT molecular complexity index is 1040. The maximum absolute atomic E-state index is 9.69. The van der Waals surface area contributed by atoms with Gasteiger partial charge in [0.1, 0.15) is 17.5 Å². The third-order valence-electron chi connectivity index (χ3n) is 5.63. The molecule has 0 saturated carbocycles. The van der Waals surface area contributed by atoms with Crippen molar-refractivity contribution in [2.75, 3.05) is 20.7 Å². The molecule has 0 aliphatic rings. The minimum Gasteiger partial charge on any atom is -0.490 e. The molecule has 0 aliphatic carbocycles. The molecule has 1 atom stereocenters. The average Bonchev–Trinajstić information content (AvgIpc) is 2.91. The second-order valence-electron chi connectivity index (χ2n) is 8.38. The molecule has 0 radical (unpaired) electrons. The number of rotatable bonds is 9. The van der Waals surface area contributed by atoms with Crippen molar-refractivity contribution in [2.24, 2.45) is 0 Å². The molecule has 0 heterocycles. The summed E-state index contributed by atoms with van der Waals surface area (Å²) in [7, 11) is 3.09. The summed E-state index contributed by atoms with van der Waals surface area (Å²) in [5.41, 5.74) is 0.923. The smallest absolute Gasteiger partial charge is 0.490 e. The Labute approximate surface area is 208 Å². The molecule has 4 aromatic carbocycles. The van der Waals surface area contributed by atoms with Gasteiger partial charge in [0.25, 0.3) is 0 Å². The zero-order chi connectivity index (χ0) is 24.9. The fourth-order valence-electron chi connectivity index (χ4n) is 3.21. The topological polar surface area (TPSA) is 47.9 Å². The fourth-order valence-corrected chi connectivity index (χ4v) is 3.21. The molecular formula is C29H32BNO4. The predicted molar refractivity (Wildman–Crippen MR) is 142 cm³/mol. The lowest BCUT2D eigenvalue weighted by Gasteiger charge is -2.35. The Balaban J connectivity index is 0.000000497. The van der Waals surface area contributed by atoms with E-state index in [1.165, 1.54) is 0 Å². The molecule has 0 spiro atoms. The first-order valence-electron chi connectivity index (χ1n) is 11.6. The highest BCUT2D eigenvalue weighted by molar-refractivity contribution is 6.39. The van der Waals surface area contributed by atoms with Crippen LogP contribution in [0.25, 0.3) is 0 Å². The lowest BCUT2D eigenvalue weighted by atomic mass is 10.1. The molecule has 0 fully saturated rings. The van der Waals surface area contributed by atoms with Crippen LogP contribution < -0.4 is 18.4 Å². The summed E-state index contributed by atoms with van der Waals surface area (Å²) in [6.45, 7) is 2.06. The Hall–Kier alpha value is -3.74. The molecule has 180 valence electrons. The Kier molecular flexibility index (Phi) is 9.78. The molecule has 0 aromatic heterocycles. The number of aliphatic hydroxyl groups excluding tert-OH is 1. The van der Waals surface area contributed by atoms with Gasteiger partial charge in [-0.05, 0) is 37.3 Å². The minimum atomic E-state index is -0.981. The van der Waals surface area contributed by atoms with Crippen LogP contribution >= 0.6 is 0 Å². The summed E-state index contributed by atoms with van der Waals surface area (Å²) >= 11 is 0. The van der Waals surface area contributed by atoms with Gasteiger partial charge in [-0.3, -0.25) is 4.48 Å². The van der Waals surface area contributed by atoms with Crippen LogP contribution in [-0.4, -0.2) is 39.2 Å². The van der Waals surface area contributed by atoms with E-state index in [4.69, 9.17) is 14.0 Å². The van der Waals surface area contributed by atoms with E-state index in [1.54, 1.807) is 0 Å². The van der Waals surface area contributed by atoms with E-state index in [2.05, 4.69) is 6.07 Å². The van der Waals surface area contributed by atoms with Gasteiger partial charge in [0, 0.05) is 6.07 Å². The molecule has 0 saturated heterocycles.